The summed E-state index contributed by atoms with van der Waals surface area (Å²) < 4.78 is 0. The Hall–Kier alpha value is 0. The molecule has 0 saturated heterocycles. The van der Waals surface area contributed by atoms with Crippen molar-refractivity contribution in [3.05, 3.63) is 0 Å². The number of rotatable bonds is 2. The molecule has 0 aromatic rings. The Morgan fingerprint density at radius 2 is 1.89 bits per heavy atom. The van der Waals surface area contributed by atoms with E-state index in [1.807, 2.05) is 0 Å². The molecule has 3 unspecified atom stereocenters. The molecule has 0 heteroatoms. The topological polar surface area (TPSA) is 0 Å². The molecule has 0 nitrogen and oxygen atoms in total. The van der Waals surface area contributed by atoms with Crippen molar-refractivity contribution in [2.45, 2.75) is 33.1 Å². The van der Waals surface area contributed by atoms with E-state index < -0.39 is 0 Å². The van der Waals surface area contributed by atoms with Crippen LogP contribution in [0, 0.1) is 23.7 Å². The predicted octanol–water partition coefficient (Wildman–Crippen LogP) is 2.69. The second kappa shape index (κ2) is 1.74. The average Bonchev–Trinajstić information content (AvgIpc) is 2.32. The molecular formula is C9H16. The van der Waals surface area contributed by atoms with Crippen molar-refractivity contribution in [1.82, 2.24) is 0 Å². The third-order valence-electron chi connectivity index (χ3n) is 3.53. The zero-order valence-corrected chi connectivity index (χ0v) is 6.43. The number of hydrogen-bond acceptors (Lipinski definition) is 0. The van der Waals surface area contributed by atoms with Crippen LogP contribution in [0.2, 0.25) is 0 Å². The number of fused-ring (bicyclic) bond motifs is 1. The van der Waals surface area contributed by atoms with Gasteiger partial charge in [-0.05, 0) is 36.5 Å². The fourth-order valence-electron chi connectivity index (χ4n) is 2.53. The Morgan fingerprint density at radius 3 is 2.22 bits per heavy atom. The van der Waals surface area contributed by atoms with Gasteiger partial charge in [0, 0.05) is 0 Å². The highest BCUT2D eigenvalue weighted by Gasteiger charge is 2.57. The molecule has 0 bridgehead atoms. The van der Waals surface area contributed by atoms with Gasteiger partial charge in [-0.25, -0.2) is 0 Å². The first-order valence-electron chi connectivity index (χ1n) is 4.34. The summed E-state index contributed by atoms with van der Waals surface area (Å²) in [5.74, 6) is 4.58. The minimum Gasteiger partial charge on any atom is -0.0651 e. The molecule has 0 heterocycles. The molecule has 0 aromatic carbocycles. The maximum Gasteiger partial charge on any atom is -0.0326 e. The van der Waals surface area contributed by atoms with Crippen molar-refractivity contribution in [3.63, 3.8) is 0 Å². The summed E-state index contributed by atoms with van der Waals surface area (Å²) in [6, 6.07) is 0. The van der Waals surface area contributed by atoms with Crippen molar-refractivity contribution < 1.29 is 0 Å². The first-order chi connectivity index (χ1) is 4.34. The highest BCUT2D eigenvalue weighted by atomic mass is 14.6. The van der Waals surface area contributed by atoms with Gasteiger partial charge in [-0.3, -0.25) is 0 Å². The Bertz CT molecular complexity index is 107. The lowest BCUT2D eigenvalue weighted by Crippen LogP contribution is -1.94. The van der Waals surface area contributed by atoms with E-state index in [1.54, 1.807) is 12.8 Å². The van der Waals surface area contributed by atoms with Crippen LogP contribution in [0.5, 0.6) is 0 Å². The molecule has 0 radical (unpaired) electrons. The Kier molecular flexibility index (Phi) is 1.12. The molecular weight excluding hydrogens is 108 g/mol. The van der Waals surface area contributed by atoms with Crippen LogP contribution in [0.4, 0.5) is 0 Å². The zero-order valence-electron chi connectivity index (χ0n) is 6.43. The first-order valence-corrected chi connectivity index (χ1v) is 4.34. The molecule has 9 heavy (non-hydrogen) atoms. The fourth-order valence-corrected chi connectivity index (χ4v) is 2.53. The van der Waals surface area contributed by atoms with Gasteiger partial charge in [-0.2, -0.15) is 0 Å². The molecule has 0 amide bonds. The molecule has 52 valence electrons. The van der Waals surface area contributed by atoms with Crippen LogP contribution in [-0.2, 0) is 0 Å². The van der Waals surface area contributed by atoms with Crippen LogP contribution < -0.4 is 0 Å². The van der Waals surface area contributed by atoms with E-state index >= 15 is 0 Å². The van der Waals surface area contributed by atoms with E-state index in [0.717, 1.165) is 11.8 Å². The van der Waals surface area contributed by atoms with Crippen molar-refractivity contribution in [2.24, 2.45) is 23.7 Å². The smallest absolute Gasteiger partial charge is 0.0326 e. The summed E-state index contributed by atoms with van der Waals surface area (Å²) in [5, 5.41) is 0. The van der Waals surface area contributed by atoms with Crippen LogP contribution >= 0.6 is 0 Å². The first kappa shape index (κ1) is 5.76. The van der Waals surface area contributed by atoms with Gasteiger partial charge in [0.15, 0.2) is 0 Å². The molecule has 0 aromatic heterocycles. The molecule has 2 aliphatic carbocycles. The average molecular weight is 124 g/mol. The highest BCUT2D eigenvalue weighted by Crippen LogP contribution is 2.64. The largest absolute Gasteiger partial charge is 0.0651 e. The highest BCUT2D eigenvalue weighted by molar-refractivity contribution is 5.06. The van der Waals surface area contributed by atoms with Gasteiger partial charge >= 0.3 is 0 Å². The summed E-state index contributed by atoms with van der Waals surface area (Å²) in [6.45, 7) is 4.74. The SMILES string of the molecule is CCC(C)C1C2CCC21. The van der Waals surface area contributed by atoms with Crippen LogP contribution in [0.3, 0.4) is 0 Å². The molecule has 0 aliphatic heterocycles. The van der Waals surface area contributed by atoms with Gasteiger partial charge in [-0.1, -0.05) is 20.3 Å². The molecule has 2 saturated carbocycles. The molecule has 2 aliphatic rings. The standard InChI is InChI=1S/C9H16/c1-3-6(2)9-7-4-5-8(7)9/h6-9H,3-5H2,1-2H3. The molecule has 2 fully saturated rings. The normalized spacial score (nSPS) is 49.3. The summed E-state index contributed by atoms with van der Waals surface area (Å²) in [5.41, 5.74) is 0. The summed E-state index contributed by atoms with van der Waals surface area (Å²) >= 11 is 0. The third-order valence-corrected chi connectivity index (χ3v) is 3.53. The van der Waals surface area contributed by atoms with Crippen molar-refractivity contribution in [2.75, 3.05) is 0 Å². The minimum absolute atomic E-state index is 1.03. The molecule has 2 rings (SSSR count). The lowest BCUT2D eigenvalue weighted by Gasteiger charge is -2.04. The zero-order chi connectivity index (χ0) is 6.43. The molecule has 3 atom stereocenters. The third kappa shape index (κ3) is 0.653. The second-order valence-electron chi connectivity index (χ2n) is 3.87. The Labute approximate surface area is 57.6 Å². The Balaban J connectivity index is 1.87. The quantitative estimate of drug-likeness (QED) is 0.531. The molecule has 0 N–H and O–H groups in total. The van der Waals surface area contributed by atoms with E-state index in [4.69, 9.17) is 0 Å². The lowest BCUT2D eigenvalue weighted by atomic mass is 10.0. The van der Waals surface area contributed by atoms with Gasteiger partial charge < -0.3 is 0 Å². The van der Waals surface area contributed by atoms with E-state index in [1.165, 1.54) is 18.3 Å². The van der Waals surface area contributed by atoms with Crippen molar-refractivity contribution >= 4 is 0 Å². The monoisotopic (exact) mass is 124 g/mol. The van der Waals surface area contributed by atoms with Crippen molar-refractivity contribution in [3.8, 4) is 0 Å². The predicted molar refractivity (Wildman–Crippen MR) is 39.2 cm³/mol. The maximum atomic E-state index is 2.42. The van der Waals surface area contributed by atoms with Crippen LogP contribution in [0.15, 0.2) is 0 Å². The summed E-state index contributed by atoms with van der Waals surface area (Å²) in [6.07, 6.45) is 4.51. The van der Waals surface area contributed by atoms with E-state index in [-0.39, 0.29) is 0 Å². The van der Waals surface area contributed by atoms with Crippen molar-refractivity contribution in [1.29, 1.82) is 0 Å². The fraction of sp³-hybridized carbons (Fsp3) is 1.00. The van der Waals surface area contributed by atoms with Crippen LogP contribution in [-0.4, -0.2) is 0 Å². The lowest BCUT2D eigenvalue weighted by molar-refractivity contribution is 0.468. The molecule has 0 spiro atoms. The van der Waals surface area contributed by atoms with Gasteiger partial charge in [0.2, 0.25) is 0 Å². The maximum absolute atomic E-state index is 2.42. The van der Waals surface area contributed by atoms with Gasteiger partial charge in [0.05, 0.1) is 0 Å². The van der Waals surface area contributed by atoms with Crippen LogP contribution in [0.25, 0.3) is 0 Å². The van der Waals surface area contributed by atoms with Crippen LogP contribution in [0.1, 0.15) is 33.1 Å². The van der Waals surface area contributed by atoms with Gasteiger partial charge in [0.1, 0.15) is 0 Å². The number of hydrogen-bond donors (Lipinski definition) is 0. The van der Waals surface area contributed by atoms with Gasteiger partial charge in [-0.15, -0.1) is 0 Å². The minimum atomic E-state index is 1.03. The second-order valence-corrected chi connectivity index (χ2v) is 3.87. The van der Waals surface area contributed by atoms with E-state index in [2.05, 4.69) is 13.8 Å². The van der Waals surface area contributed by atoms with E-state index in [0.29, 0.717) is 0 Å². The summed E-state index contributed by atoms with van der Waals surface area (Å²) in [4.78, 5) is 0. The van der Waals surface area contributed by atoms with E-state index in [9.17, 15) is 0 Å². The van der Waals surface area contributed by atoms with Gasteiger partial charge in [0.25, 0.3) is 0 Å². The summed E-state index contributed by atoms with van der Waals surface area (Å²) in [7, 11) is 0. The Morgan fingerprint density at radius 1 is 1.33 bits per heavy atom.